The van der Waals surface area contributed by atoms with Gasteiger partial charge in [-0.05, 0) is 5.56 Å². The zero-order chi connectivity index (χ0) is 11.2. The highest BCUT2D eigenvalue weighted by Crippen LogP contribution is 2.10. The van der Waals surface area contributed by atoms with Crippen LogP contribution in [-0.2, 0) is 11.4 Å². The molecule has 0 fully saturated rings. The summed E-state index contributed by atoms with van der Waals surface area (Å²) in [5.74, 6) is 0.501. The van der Waals surface area contributed by atoms with E-state index in [1.807, 2.05) is 30.3 Å². The first-order valence-corrected chi connectivity index (χ1v) is 4.87. The van der Waals surface area contributed by atoms with Crippen LogP contribution in [0.4, 0.5) is 5.95 Å². The summed E-state index contributed by atoms with van der Waals surface area (Å²) >= 11 is 0. The monoisotopic (exact) mass is 216 g/mol. The Hall–Kier alpha value is -2.01. The Morgan fingerprint density at radius 1 is 1.12 bits per heavy atom. The molecule has 0 aliphatic rings. The molecule has 0 radical (unpaired) electrons. The Kier molecular flexibility index (Phi) is 3.40. The maximum atomic E-state index is 5.22. The molecule has 16 heavy (non-hydrogen) atoms. The van der Waals surface area contributed by atoms with Gasteiger partial charge in [0.1, 0.15) is 12.7 Å². The lowest BCUT2D eigenvalue weighted by atomic mass is 10.2. The van der Waals surface area contributed by atoms with Gasteiger partial charge in [-0.2, -0.15) is 9.97 Å². The summed E-state index contributed by atoms with van der Waals surface area (Å²) in [5, 5.41) is 1.61. The summed E-state index contributed by atoms with van der Waals surface area (Å²) in [6, 6.07) is 9.98. The molecule has 5 nitrogen and oxygen atoms in total. The first kappa shape index (κ1) is 10.5. The van der Waals surface area contributed by atoms with Crippen LogP contribution in [0.5, 0.6) is 0 Å². The molecule has 0 spiro atoms. The van der Waals surface area contributed by atoms with Crippen LogP contribution in [0.2, 0.25) is 0 Å². The van der Waals surface area contributed by atoms with E-state index in [0.717, 1.165) is 5.56 Å². The van der Waals surface area contributed by atoms with E-state index in [1.54, 1.807) is 12.2 Å². The van der Waals surface area contributed by atoms with Gasteiger partial charge in [0.05, 0.1) is 13.7 Å². The minimum Gasteiger partial charge on any atom is -0.274 e. The largest absolute Gasteiger partial charge is 0.274 e. The van der Waals surface area contributed by atoms with E-state index in [-0.39, 0.29) is 0 Å². The lowest BCUT2D eigenvalue weighted by Crippen LogP contribution is -2.23. The average Bonchev–Trinajstić information content (AvgIpc) is 2.38. The number of hydroxylamine groups is 1. The minimum atomic E-state index is 0.501. The summed E-state index contributed by atoms with van der Waals surface area (Å²) in [6.07, 6.45) is 2.89. The smallest absolute Gasteiger partial charge is 0.253 e. The van der Waals surface area contributed by atoms with Crippen LogP contribution in [0.3, 0.4) is 0 Å². The molecular formula is C11H12N4O. The van der Waals surface area contributed by atoms with E-state index < -0.39 is 0 Å². The van der Waals surface area contributed by atoms with Crippen molar-refractivity contribution in [2.24, 2.45) is 0 Å². The minimum absolute atomic E-state index is 0.501. The quantitative estimate of drug-likeness (QED) is 0.724. The summed E-state index contributed by atoms with van der Waals surface area (Å²) in [4.78, 5) is 17.0. The van der Waals surface area contributed by atoms with Gasteiger partial charge in [-0.15, -0.1) is 0 Å². The molecule has 0 saturated heterocycles. The molecular weight excluding hydrogens is 204 g/mol. The standard InChI is InChI=1S/C11H12N4O/c1-16-15(11-13-8-12-9-14-11)7-10-5-3-2-4-6-10/h2-6,8-9H,7H2,1H3. The molecule has 0 aliphatic heterocycles. The SMILES string of the molecule is CON(Cc1ccccc1)c1ncncn1. The molecule has 0 amide bonds. The number of anilines is 1. The predicted molar refractivity (Wildman–Crippen MR) is 59.5 cm³/mol. The number of hydrogen-bond donors (Lipinski definition) is 0. The molecule has 1 heterocycles. The summed E-state index contributed by atoms with van der Waals surface area (Å²) in [6.45, 7) is 0.599. The Bertz CT molecular complexity index is 421. The van der Waals surface area contributed by atoms with Gasteiger partial charge < -0.3 is 0 Å². The van der Waals surface area contributed by atoms with Gasteiger partial charge in [0.2, 0.25) is 0 Å². The third-order valence-corrected chi connectivity index (χ3v) is 2.09. The van der Waals surface area contributed by atoms with Crippen molar-refractivity contribution in [3.63, 3.8) is 0 Å². The fourth-order valence-corrected chi connectivity index (χ4v) is 1.33. The van der Waals surface area contributed by atoms with E-state index in [1.165, 1.54) is 12.7 Å². The van der Waals surface area contributed by atoms with Crippen molar-refractivity contribution in [1.82, 2.24) is 15.0 Å². The van der Waals surface area contributed by atoms with Crippen molar-refractivity contribution in [1.29, 1.82) is 0 Å². The fourth-order valence-electron chi connectivity index (χ4n) is 1.33. The normalized spacial score (nSPS) is 10.1. The van der Waals surface area contributed by atoms with E-state index in [0.29, 0.717) is 12.5 Å². The van der Waals surface area contributed by atoms with Crippen LogP contribution in [-0.4, -0.2) is 22.1 Å². The number of benzene rings is 1. The zero-order valence-corrected chi connectivity index (χ0v) is 8.95. The Balaban J connectivity index is 2.13. The summed E-state index contributed by atoms with van der Waals surface area (Å²) in [5.41, 5.74) is 1.13. The predicted octanol–water partition coefficient (Wildman–Crippen LogP) is 1.44. The maximum absolute atomic E-state index is 5.22. The van der Waals surface area contributed by atoms with Crippen molar-refractivity contribution in [2.45, 2.75) is 6.54 Å². The molecule has 0 atom stereocenters. The third-order valence-electron chi connectivity index (χ3n) is 2.09. The number of hydrogen-bond acceptors (Lipinski definition) is 5. The van der Waals surface area contributed by atoms with Crippen LogP contribution in [0, 0.1) is 0 Å². The fraction of sp³-hybridized carbons (Fsp3) is 0.182. The molecule has 2 aromatic rings. The molecule has 0 unspecified atom stereocenters. The Labute approximate surface area is 93.7 Å². The molecule has 2 rings (SSSR count). The Morgan fingerprint density at radius 3 is 2.44 bits per heavy atom. The van der Waals surface area contributed by atoms with Gasteiger partial charge in [-0.1, -0.05) is 30.3 Å². The van der Waals surface area contributed by atoms with Gasteiger partial charge in [-0.3, -0.25) is 4.84 Å². The number of aromatic nitrogens is 3. The number of rotatable bonds is 4. The van der Waals surface area contributed by atoms with Crippen LogP contribution in [0.25, 0.3) is 0 Å². The number of nitrogens with zero attached hydrogens (tertiary/aromatic N) is 4. The van der Waals surface area contributed by atoms with Gasteiger partial charge >= 0.3 is 0 Å². The van der Waals surface area contributed by atoms with Gasteiger partial charge in [0, 0.05) is 0 Å². The van der Waals surface area contributed by atoms with Crippen molar-refractivity contribution >= 4 is 5.95 Å². The van der Waals surface area contributed by atoms with E-state index >= 15 is 0 Å². The molecule has 0 N–H and O–H groups in total. The van der Waals surface area contributed by atoms with E-state index in [9.17, 15) is 0 Å². The zero-order valence-electron chi connectivity index (χ0n) is 8.95. The average molecular weight is 216 g/mol. The van der Waals surface area contributed by atoms with Crippen molar-refractivity contribution < 1.29 is 4.84 Å². The summed E-state index contributed by atoms with van der Waals surface area (Å²) < 4.78 is 0. The summed E-state index contributed by atoms with van der Waals surface area (Å²) in [7, 11) is 1.59. The molecule has 0 saturated carbocycles. The van der Waals surface area contributed by atoms with Gasteiger partial charge in [0.25, 0.3) is 5.95 Å². The highest BCUT2D eigenvalue weighted by molar-refractivity contribution is 5.26. The van der Waals surface area contributed by atoms with Gasteiger partial charge in [0.15, 0.2) is 0 Å². The van der Waals surface area contributed by atoms with Crippen molar-refractivity contribution in [2.75, 3.05) is 12.2 Å². The third kappa shape index (κ3) is 2.52. The first-order valence-electron chi connectivity index (χ1n) is 4.87. The second kappa shape index (κ2) is 5.18. The Morgan fingerprint density at radius 2 is 1.81 bits per heavy atom. The molecule has 82 valence electrons. The highest BCUT2D eigenvalue weighted by Gasteiger charge is 2.08. The van der Waals surface area contributed by atoms with Crippen molar-refractivity contribution in [3.05, 3.63) is 48.5 Å². The molecule has 5 heteroatoms. The van der Waals surface area contributed by atoms with Crippen LogP contribution >= 0.6 is 0 Å². The lowest BCUT2D eigenvalue weighted by Gasteiger charge is -2.18. The van der Waals surface area contributed by atoms with Crippen LogP contribution < -0.4 is 5.06 Å². The maximum Gasteiger partial charge on any atom is 0.253 e. The second-order valence-corrected chi connectivity index (χ2v) is 3.14. The molecule has 1 aromatic heterocycles. The van der Waals surface area contributed by atoms with Crippen LogP contribution in [0.15, 0.2) is 43.0 Å². The lowest BCUT2D eigenvalue weighted by molar-refractivity contribution is 0.158. The second-order valence-electron chi connectivity index (χ2n) is 3.14. The highest BCUT2D eigenvalue weighted by atomic mass is 16.7. The first-order chi connectivity index (χ1) is 7.90. The van der Waals surface area contributed by atoms with Crippen LogP contribution in [0.1, 0.15) is 5.56 Å². The molecule has 0 aliphatic carbocycles. The van der Waals surface area contributed by atoms with Crippen molar-refractivity contribution in [3.8, 4) is 0 Å². The van der Waals surface area contributed by atoms with E-state index in [4.69, 9.17) is 4.84 Å². The topological polar surface area (TPSA) is 51.1 Å². The molecule has 1 aromatic carbocycles. The van der Waals surface area contributed by atoms with Gasteiger partial charge in [-0.25, -0.2) is 10.0 Å². The van der Waals surface area contributed by atoms with E-state index in [2.05, 4.69) is 15.0 Å². The molecule has 0 bridgehead atoms.